The molecule has 26 heavy (non-hydrogen) atoms. The van der Waals surface area contributed by atoms with Gasteiger partial charge in [-0.2, -0.15) is 0 Å². The van der Waals surface area contributed by atoms with Gasteiger partial charge in [0.25, 0.3) is 0 Å². The van der Waals surface area contributed by atoms with Crippen LogP contribution in [-0.2, 0) is 22.3 Å². The summed E-state index contributed by atoms with van der Waals surface area (Å²) in [5.74, 6) is 1.68. The van der Waals surface area contributed by atoms with Gasteiger partial charge in [-0.25, -0.2) is 18.1 Å². The van der Waals surface area contributed by atoms with Gasteiger partial charge in [0.1, 0.15) is 0 Å². The first kappa shape index (κ1) is 20.7. The number of nitrogens with one attached hydrogen (secondary N) is 3. The van der Waals surface area contributed by atoms with Crippen molar-refractivity contribution in [2.75, 3.05) is 13.6 Å². The molecule has 0 amide bonds. The van der Waals surface area contributed by atoms with Gasteiger partial charge in [0, 0.05) is 12.6 Å². The van der Waals surface area contributed by atoms with Crippen LogP contribution in [0.25, 0.3) is 0 Å². The van der Waals surface area contributed by atoms with Crippen molar-refractivity contribution >= 4 is 16.0 Å². The zero-order valence-corrected chi connectivity index (χ0v) is 16.9. The van der Waals surface area contributed by atoms with Crippen LogP contribution in [0.2, 0.25) is 0 Å². The molecular formula is C19H32N4O2S. The number of aliphatic imine (C=N–C) groups is 1. The van der Waals surface area contributed by atoms with E-state index in [0.29, 0.717) is 12.6 Å². The standard InChI is InChI=1S/C19H32N4O2S/c1-4-21-19(23-18-11-5-15(2)6-12-18)22-13-16-7-9-17(10-8-16)14-26(24,25)20-3/h7-10,15,18,20H,4-6,11-14H2,1-3H3,(H2,21,22,23). The van der Waals surface area contributed by atoms with E-state index >= 15 is 0 Å². The van der Waals surface area contributed by atoms with E-state index in [1.807, 2.05) is 24.3 Å². The van der Waals surface area contributed by atoms with Crippen LogP contribution in [-0.4, -0.2) is 34.0 Å². The van der Waals surface area contributed by atoms with E-state index in [0.717, 1.165) is 29.5 Å². The molecule has 2 rings (SSSR count). The largest absolute Gasteiger partial charge is 0.357 e. The van der Waals surface area contributed by atoms with Crippen LogP contribution >= 0.6 is 0 Å². The Kier molecular flexibility index (Phi) is 7.90. The summed E-state index contributed by atoms with van der Waals surface area (Å²) in [5.41, 5.74) is 1.83. The minimum Gasteiger partial charge on any atom is -0.357 e. The van der Waals surface area contributed by atoms with Crippen LogP contribution in [0.15, 0.2) is 29.3 Å². The lowest BCUT2D eigenvalue weighted by Crippen LogP contribution is -2.44. The molecule has 0 bridgehead atoms. The van der Waals surface area contributed by atoms with Gasteiger partial charge in [0.15, 0.2) is 5.96 Å². The van der Waals surface area contributed by atoms with Crippen LogP contribution in [0.5, 0.6) is 0 Å². The van der Waals surface area contributed by atoms with E-state index in [4.69, 9.17) is 0 Å². The van der Waals surface area contributed by atoms with Crippen molar-refractivity contribution in [2.45, 2.75) is 57.9 Å². The molecular weight excluding hydrogens is 348 g/mol. The van der Waals surface area contributed by atoms with Gasteiger partial charge in [-0.05, 0) is 56.7 Å². The second kappa shape index (κ2) is 9.92. The lowest BCUT2D eigenvalue weighted by Gasteiger charge is -2.28. The smallest absolute Gasteiger partial charge is 0.215 e. The molecule has 0 atom stereocenters. The van der Waals surface area contributed by atoms with Crippen LogP contribution in [0, 0.1) is 5.92 Å². The Morgan fingerprint density at radius 1 is 1.12 bits per heavy atom. The van der Waals surface area contributed by atoms with Crippen molar-refractivity contribution < 1.29 is 8.42 Å². The topological polar surface area (TPSA) is 82.6 Å². The summed E-state index contributed by atoms with van der Waals surface area (Å²) < 4.78 is 25.5. The minimum absolute atomic E-state index is 0.00263. The Bertz CT molecular complexity index is 678. The molecule has 1 aliphatic carbocycles. The fourth-order valence-corrected chi connectivity index (χ4v) is 3.90. The van der Waals surface area contributed by atoms with Crippen LogP contribution in [0.3, 0.4) is 0 Å². The van der Waals surface area contributed by atoms with Crippen molar-refractivity contribution in [2.24, 2.45) is 10.9 Å². The highest BCUT2D eigenvalue weighted by Crippen LogP contribution is 2.23. The van der Waals surface area contributed by atoms with Crippen molar-refractivity contribution in [3.05, 3.63) is 35.4 Å². The summed E-state index contributed by atoms with van der Waals surface area (Å²) in [6.45, 7) is 5.78. The molecule has 6 nitrogen and oxygen atoms in total. The Morgan fingerprint density at radius 3 is 2.31 bits per heavy atom. The molecule has 1 saturated carbocycles. The third-order valence-corrected chi connectivity index (χ3v) is 6.15. The maximum atomic E-state index is 11.6. The molecule has 1 aliphatic rings. The van der Waals surface area contributed by atoms with Crippen molar-refractivity contribution in [3.63, 3.8) is 0 Å². The summed E-state index contributed by atoms with van der Waals surface area (Å²) in [5, 5.41) is 6.86. The number of sulfonamides is 1. The molecule has 0 unspecified atom stereocenters. The lowest BCUT2D eigenvalue weighted by molar-refractivity contribution is 0.329. The summed E-state index contributed by atoms with van der Waals surface area (Å²) in [7, 11) is -1.81. The molecule has 0 spiro atoms. The SMILES string of the molecule is CCNC(=NCc1ccc(CS(=O)(=O)NC)cc1)NC1CCC(C)CC1. The Hall–Kier alpha value is -1.60. The summed E-state index contributed by atoms with van der Waals surface area (Å²) in [6, 6.07) is 8.08. The number of hydrogen-bond donors (Lipinski definition) is 3. The van der Waals surface area contributed by atoms with Gasteiger partial charge < -0.3 is 10.6 Å². The Balaban J connectivity index is 1.93. The van der Waals surface area contributed by atoms with Crippen LogP contribution in [0.1, 0.15) is 50.7 Å². The summed E-state index contributed by atoms with van der Waals surface area (Å²) in [6.07, 6.45) is 4.93. The molecule has 0 aromatic heterocycles. The van der Waals surface area contributed by atoms with E-state index in [1.54, 1.807) is 0 Å². The van der Waals surface area contributed by atoms with Gasteiger partial charge in [0.05, 0.1) is 12.3 Å². The predicted octanol–water partition coefficient (Wildman–Crippen LogP) is 2.37. The maximum absolute atomic E-state index is 11.6. The van der Waals surface area contributed by atoms with Crippen LogP contribution < -0.4 is 15.4 Å². The first-order valence-electron chi connectivity index (χ1n) is 9.45. The Morgan fingerprint density at radius 2 is 1.73 bits per heavy atom. The van der Waals surface area contributed by atoms with Crippen molar-refractivity contribution in [1.29, 1.82) is 0 Å². The third-order valence-electron chi connectivity index (χ3n) is 4.81. The monoisotopic (exact) mass is 380 g/mol. The highest BCUT2D eigenvalue weighted by molar-refractivity contribution is 7.88. The summed E-state index contributed by atoms with van der Waals surface area (Å²) >= 11 is 0. The molecule has 0 aliphatic heterocycles. The van der Waals surface area contributed by atoms with Gasteiger partial charge >= 0.3 is 0 Å². The van der Waals surface area contributed by atoms with Gasteiger partial charge in [0.2, 0.25) is 10.0 Å². The zero-order valence-electron chi connectivity index (χ0n) is 16.1. The van der Waals surface area contributed by atoms with Gasteiger partial charge in [-0.15, -0.1) is 0 Å². The number of nitrogens with zero attached hydrogens (tertiary/aromatic N) is 1. The maximum Gasteiger partial charge on any atom is 0.215 e. The molecule has 0 heterocycles. The van der Waals surface area contributed by atoms with E-state index in [2.05, 4.69) is 34.2 Å². The molecule has 0 saturated heterocycles. The lowest BCUT2D eigenvalue weighted by atomic mass is 9.87. The van der Waals surface area contributed by atoms with Gasteiger partial charge in [-0.3, -0.25) is 0 Å². The number of rotatable bonds is 7. The second-order valence-electron chi connectivity index (χ2n) is 7.08. The normalized spacial score (nSPS) is 21.4. The Labute approximate surface area is 157 Å². The minimum atomic E-state index is -3.24. The fourth-order valence-electron chi connectivity index (χ4n) is 3.12. The van der Waals surface area contributed by atoms with Crippen LogP contribution in [0.4, 0.5) is 0 Å². The van der Waals surface area contributed by atoms with Crippen molar-refractivity contribution in [3.8, 4) is 0 Å². The number of hydrogen-bond acceptors (Lipinski definition) is 3. The second-order valence-corrected chi connectivity index (χ2v) is 9.00. The average molecular weight is 381 g/mol. The third kappa shape index (κ3) is 6.96. The highest BCUT2D eigenvalue weighted by atomic mass is 32.2. The molecule has 0 radical (unpaired) electrons. The molecule has 1 aromatic rings. The predicted molar refractivity (Wildman–Crippen MR) is 107 cm³/mol. The van der Waals surface area contributed by atoms with E-state index in [1.165, 1.54) is 32.7 Å². The zero-order chi connectivity index (χ0) is 19.0. The van der Waals surface area contributed by atoms with E-state index in [9.17, 15) is 8.42 Å². The van der Waals surface area contributed by atoms with Crippen molar-refractivity contribution in [1.82, 2.24) is 15.4 Å². The number of guanidine groups is 1. The first-order valence-corrected chi connectivity index (χ1v) is 11.1. The molecule has 1 aromatic carbocycles. The van der Waals surface area contributed by atoms with E-state index < -0.39 is 10.0 Å². The van der Waals surface area contributed by atoms with E-state index in [-0.39, 0.29) is 5.75 Å². The fraction of sp³-hybridized carbons (Fsp3) is 0.632. The first-order chi connectivity index (χ1) is 12.4. The highest BCUT2D eigenvalue weighted by Gasteiger charge is 2.18. The average Bonchev–Trinajstić information content (AvgIpc) is 2.63. The summed E-state index contributed by atoms with van der Waals surface area (Å²) in [4.78, 5) is 4.68. The quantitative estimate of drug-likeness (QED) is 0.501. The molecule has 3 N–H and O–H groups in total. The number of benzene rings is 1. The molecule has 7 heteroatoms. The molecule has 1 fully saturated rings. The van der Waals surface area contributed by atoms with Gasteiger partial charge in [-0.1, -0.05) is 31.2 Å². The molecule has 146 valence electrons.